The van der Waals surface area contributed by atoms with Crippen molar-refractivity contribution in [2.75, 3.05) is 19.6 Å². The van der Waals surface area contributed by atoms with Gasteiger partial charge in [-0.1, -0.05) is 24.2 Å². The Balaban J connectivity index is 1.57. The zero-order valence-electron chi connectivity index (χ0n) is 12.3. The molecule has 1 atom stereocenters. The van der Waals surface area contributed by atoms with Crippen molar-refractivity contribution in [2.24, 2.45) is 0 Å². The van der Waals surface area contributed by atoms with Crippen LogP contribution in [0.1, 0.15) is 25.5 Å². The van der Waals surface area contributed by atoms with Gasteiger partial charge in [0.15, 0.2) is 5.58 Å². The topological polar surface area (TPSA) is 58.4 Å². The lowest BCUT2D eigenvalue weighted by Crippen LogP contribution is -2.40. The molecule has 1 amide bonds. The van der Waals surface area contributed by atoms with E-state index in [1.165, 1.54) is 12.8 Å². The Hall–Kier alpha value is -1.88. The first-order valence-electron chi connectivity index (χ1n) is 7.62. The second-order valence-electron chi connectivity index (χ2n) is 5.53. The van der Waals surface area contributed by atoms with Crippen LogP contribution in [0.25, 0.3) is 11.0 Å². The minimum atomic E-state index is 0.0111. The summed E-state index contributed by atoms with van der Waals surface area (Å²) < 4.78 is 5.22. The Bertz CT molecular complexity index is 623. The Labute approximate surface area is 124 Å². The highest BCUT2D eigenvalue weighted by Crippen LogP contribution is 2.18. The van der Waals surface area contributed by atoms with Crippen LogP contribution in [-0.2, 0) is 11.2 Å². The van der Waals surface area contributed by atoms with Crippen LogP contribution in [0.2, 0.25) is 0 Å². The van der Waals surface area contributed by atoms with Crippen molar-refractivity contribution in [3.63, 3.8) is 0 Å². The van der Waals surface area contributed by atoms with Crippen LogP contribution in [0.3, 0.4) is 0 Å². The lowest BCUT2D eigenvalue weighted by Gasteiger charge is -2.22. The molecule has 2 heterocycles. The largest absolute Gasteiger partial charge is 0.356 e. The average molecular weight is 287 g/mol. The van der Waals surface area contributed by atoms with E-state index in [9.17, 15) is 4.79 Å². The highest BCUT2D eigenvalue weighted by atomic mass is 16.5. The number of likely N-dealkylation sites (tertiary alicyclic amines) is 1. The monoisotopic (exact) mass is 287 g/mol. The molecular formula is C16H21N3O2. The van der Waals surface area contributed by atoms with Crippen molar-refractivity contribution < 1.29 is 9.32 Å². The van der Waals surface area contributed by atoms with Crippen molar-refractivity contribution in [2.45, 2.75) is 32.2 Å². The first-order chi connectivity index (χ1) is 10.3. The third-order valence-electron chi connectivity index (χ3n) is 4.22. The molecule has 0 unspecified atom stereocenters. The van der Waals surface area contributed by atoms with Crippen LogP contribution in [0.15, 0.2) is 28.8 Å². The van der Waals surface area contributed by atoms with Gasteiger partial charge in [0.1, 0.15) is 5.69 Å². The first kappa shape index (κ1) is 14.1. The predicted molar refractivity (Wildman–Crippen MR) is 81.0 cm³/mol. The molecule has 112 valence electrons. The molecule has 1 aliphatic heterocycles. The van der Waals surface area contributed by atoms with Gasteiger partial charge in [-0.3, -0.25) is 9.69 Å². The molecule has 1 fully saturated rings. The summed E-state index contributed by atoms with van der Waals surface area (Å²) in [7, 11) is 0. The molecule has 1 N–H and O–H groups in total. The molecule has 1 aromatic heterocycles. The second kappa shape index (κ2) is 6.26. The van der Waals surface area contributed by atoms with Crippen LogP contribution in [-0.4, -0.2) is 41.6 Å². The van der Waals surface area contributed by atoms with Gasteiger partial charge in [0, 0.05) is 18.0 Å². The maximum Gasteiger partial charge on any atom is 0.226 e. The maximum absolute atomic E-state index is 12.1. The predicted octanol–water partition coefficient (Wildman–Crippen LogP) is 1.97. The van der Waals surface area contributed by atoms with Gasteiger partial charge >= 0.3 is 0 Å². The summed E-state index contributed by atoms with van der Waals surface area (Å²) in [5.41, 5.74) is 1.44. The lowest BCUT2D eigenvalue weighted by atomic mass is 10.1. The summed E-state index contributed by atoms with van der Waals surface area (Å²) >= 11 is 0. The molecule has 21 heavy (non-hydrogen) atoms. The van der Waals surface area contributed by atoms with Gasteiger partial charge in [0.25, 0.3) is 0 Å². The number of fused-ring (bicyclic) bond motifs is 1. The Morgan fingerprint density at radius 3 is 3.19 bits per heavy atom. The van der Waals surface area contributed by atoms with Crippen molar-refractivity contribution in [3.05, 3.63) is 30.0 Å². The molecule has 5 nitrogen and oxygen atoms in total. The number of nitrogens with zero attached hydrogens (tertiary/aromatic N) is 2. The van der Waals surface area contributed by atoms with E-state index in [1.807, 2.05) is 24.3 Å². The number of carbonyl (C=O) groups excluding carboxylic acids is 1. The Kier molecular flexibility index (Phi) is 4.20. The number of carbonyl (C=O) groups is 1. The number of para-hydroxylation sites is 1. The fourth-order valence-corrected chi connectivity index (χ4v) is 3.05. The van der Waals surface area contributed by atoms with Crippen LogP contribution < -0.4 is 5.32 Å². The van der Waals surface area contributed by atoms with Crippen molar-refractivity contribution in [3.8, 4) is 0 Å². The van der Waals surface area contributed by atoms with Gasteiger partial charge in [-0.25, -0.2) is 0 Å². The zero-order valence-corrected chi connectivity index (χ0v) is 12.3. The normalized spacial score (nSPS) is 19.2. The van der Waals surface area contributed by atoms with E-state index in [4.69, 9.17) is 4.52 Å². The fourth-order valence-electron chi connectivity index (χ4n) is 3.05. The molecule has 1 saturated heterocycles. The maximum atomic E-state index is 12.1. The number of amides is 1. The number of benzene rings is 1. The Morgan fingerprint density at radius 1 is 1.48 bits per heavy atom. The summed E-state index contributed by atoms with van der Waals surface area (Å²) in [4.78, 5) is 14.5. The van der Waals surface area contributed by atoms with Crippen LogP contribution in [0, 0.1) is 0 Å². The number of rotatable bonds is 5. The van der Waals surface area contributed by atoms with Crippen molar-refractivity contribution in [1.29, 1.82) is 0 Å². The molecule has 1 aliphatic rings. The molecule has 3 rings (SSSR count). The minimum Gasteiger partial charge on any atom is -0.356 e. The quantitative estimate of drug-likeness (QED) is 0.913. The number of hydrogen-bond acceptors (Lipinski definition) is 4. The highest BCUT2D eigenvalue weighted by molar-refractivity contribution is 5.86. The standard InChI is InChI=1S/C16H21N3O2/c1-2-19-9-5-6-12(19)11-17-16(20)10-14-13-7-3-4-8-15(13)21-18-14/h3-4,7-8,12H,2,5-6,9-11H2,1H3,(H,17,20)/t12-/m1/s1. The molecule has 2 aromatic rings. The van der Waals surface area contributed by atoms with Crippen LogP contribution in [0.4, 0.5) is 0 Å². The zero-order chi connectivity index (χ0) is 14.7. The van der Waals surface area contributed by atoms with E-state index in [-0.39, 0.29) is 12.3 Å². The Morgan fingerprint density at radius 2 is 2.33 bits per heavy atom. The van der Waals surface area contributed by atoms with Gasteiger partial charge in [-0.2, -0.15) is 0 Å². The van der Waals surface area contributed by atoms with E-state index in [0.717, 1.165) is 30.6 Å². The number of likely N-dealkylation sites (N-methyl/N-ethyl adjacent to an activating group) is 1. The third-order valence-corrected chi connectivity index (χ3v) is 4.22. The highest BCUT2D eigenvalue weighted by Gasteiger charge is 2.23. The van der Waals surface area contributed by atoms with E-state index in [1.54, 1.807) is 0 Å². The average Bonchev–Trinajstić information content (AvgIpc) is 3.12. The summed E-state index contributed by atoms with van der Waals surface area (Å²) in [5, 5.41) is 7.95. The smallest absolute Gasteiger partial charge is 0.226 e. The number of hydrogen-bond donors (Lipinski definition) is 1. The molecule has 0 spiro atoms. The lowest BCUT2D eigenvalue weighted by molar-refractivity contribution is -0.120. The summed E-state index contributed by atoms with van der Waals surface area (Å²) in [6.45, 7) is 5.09. The van der Waals surface area contributed by atoms with Gasteiger partial charge < -0.3 is 9.84 Å². The molecule has 0 bridgehead atoms. The summed E-state index contributed by atoms with van der Waals surface area (Å²) in [5.74, 6) is 0.0111. The van der Waals surface area contributed by atoms with Gasteiger partial charge in [0.2, 0.25) is 5.91 Å². The molecular weight excluding hydrogens is 266 g/mol. The van der Waals surface area contributed by atoms with E-state index >= 15 is 0 Å². The van der Waals surface area contributed by atoms with E-state index in [2.05, 4.69) is 22.3 Å². The second-order valence-corrected chi connectivity index (χ2v) is 5.53. The summed E-state index contributed by atoms with van der Waals surface area (Å²) in [6, 6.07) is 8.11. The third kappa shape index (κ3) is 3.08. The molecule has 0 saturated carbocycles. The first-order valence-corrected chi connectivity index (χ1v) is 7.62. The number of aromatic nitrogens is 1. The molecule has 1 aromatic carbocycles. The van der Waals surface area contributed by atoms with Crippen molar-refractivity contribution >= 4 is 16.9 Å². The fraction of sp³-hybridized carbons (Fsp3) is 0.500. The number of nitrogens with one attached hydrogen (secondary N) is 1. The summed E-state index contributed by atoms with van der Waals surface area (Å²) in [6.07, 6.45) is 2.67. The van der Waals surface area contributed by atoms with Gasteiger partial charge in [-0.15, -0.1) is 0 Å². The van der Waals surface area contributed by atoms with Crippen LogP contribution >= 0.6 is 0 Å². The van der Waals surface area contributed by atoms with E-state index in [0.29, 0.717) is 11.7 Å². The minimum absolute atomic E-state index is 0.0111. The van der Waals surface area contributed by atoms with Gasteiger partial charge in [0.05, 0.1) is 6.42 Å². The van der Waals surface area contributed by atoms with Crippen LogP contribution in [0.5, 0.6) is 0 Å². The molecule has 5 heteroatoms. The van der Waals surface area contributed by atoms with E-state index < -0.39 is 0 Å². The van der Waals surface area contributed by atoms with Crippen molar-refractivity contribution in [1.82, 2.24) is 15.4 Å². The molecule has 0 radical (unpaired) electrons. The molecule has 0 aliphatic carbocycles. The van der Waals surface area contributed by atoms with Gasteiger partial charge in [-0.05, 0) is 38.1 Å². The SMILES string of the molecule is CCN1CCC[C@@H]1CNC(=O)Cc1noc2ccccc12.